The minimum absolute atomic E-state index is 0. The minimum Gasteiger partial charge on any atom is -0.346 e. The molecule has 5 nitrogen and oxygen atoms in total. The van der Waals surface area contributed by atoms with Crippen LogP contribution in [0.4, 0.5) is 0 Å². The zero-order valence-corrected chi connectivity index (χ0v) is 14.0. The van der Waals surface area contributed by atoms with Gasteiger partial charge in [-0.15, -0.1) is 0 Å². The Bertz CT molecular complexity index is 1030. The van der Waals surface area contributed by atoms with Gasteiger partial charge in [0.2, 0.25) is 0 Å². The van der Waals surface area contributed by atoms with Crippen molar-refractivity contribution >= 4 is 22.1 Å². The lowest BCUT2D eigenvalue weighted by Crippen LogP contribution is -1.89. The first-order chi connectivity index (χ1) is 11.7. The van der Waals surface area contributed by atoms with Crippen molar-refractivity contribution in [3.05, 3.63) is 59.2 Å². The van der Waals surface area contributed by atoms with Crippen molar-refractivity contribution in [2.24, 2.45) is 0 Å². The number of fused-ring (bicyclic) bond motifs is 2. The van der Waals surface area contributed by atoms with Crippen LogP contribution >= 0.6 is 0 Å². The number of rotatable bonds is 1. The molecule has 2 N–H and O–H groups in total. The Morgan fingerprint density at radius 2 is 1.52 bits per heavy atom. The van der Waals surface area contributed by atoms with Gasteiger partial charge in [0, 0.05) is 35.6 Å². The van der Waals surface area contributed by atoms with Gasteiger partial charge in [-0.1, -0.05) is 14.4 Å². The molecular weight excluding hydrogens is 310 g/mol. The maximum absolute atomic E-state index is 8.72. The molecule has 0 amide bonds. The topological polar surface area (TPSA) is 81.2 Å². The van der Waals surface area contributed by atoms with Gasteiger partial charge in [-0.3, -0.25) is 0 Å². The van der Waals surface area contributed by atoms with Crippen LogP contribution in [0.5, 0.6) is 0 Å². The maximum Gasteiger partial charge on any atom is 0.137 e. The summed E-state index contributed by atoms with van der Waals surface area (Å²) in [6.07, 6.45) is 8.36. The Kier molecular flexibility index (Phi) is 5.56. The standard InChI is InChI=1S/C10H12N2.C9H7N3.CH4/c1-3-8-6-12-10-9(7(8)2)4-5-11-10;1-6-7(4-10)5-12-9-8(6)2-3-11-9;/h4-6H,3H2,1-2H3,(H,11,12);2-3,5H,1H3,(H,11,12);1H4. The molecule has 0 bridgehead atoms. The third-order valence-corrected chi connectivity index (χ3v) is 4.32. The Balaban J connectivity index is 0.000000173. The molecule has 0 aliphatic heterocycles. The van der Waals surface area contributed by atoms with E-state index in [1.165, 1.54) is 16.5 Å². The number of aromatic amines is 2. The van der Waals surface area contributed by atoms with E-state index in [9.17, 15) is 0 Å². The highest BCUT2D eigenvalue weighted by Gasteiger charge is 2.04. The van der Waals surface area contributed by atoms with Gasteiger partial charge in [-0.25, -0.2) is 9.97 Å². The SMILES string of the molecule is C.CCc1cnc2[nH]ccc2c1C.Cc1c(C#N)cnc2[nH]ccc12. The van der Waals surface area contributed by atoms with E-state index in [2.05, 4.69) is 45.9 Å². The van der Waals surface area contributed by atoms with Crippen molar-refractivity contribution < 1.29 is 0 Å². The predicted octanol–water partition coefficient (Wildman–Crippen LogP) is 4.81. The van der Waals surface area contributed by atoms with Crippen molar-refractivity contribution in [1.82, 2.24) is 19.9 Å². The monoisotopic (exact) mass is 333 g/mol. The molecule has 0 aliphatic rings. The fourth-order valence-corrected chi connectivity index (χ4v) is 2.79. The summed E-state index contributed by atoms with van der Waals surface area (Å²) >= 11 is 0. The molecule has 4 aromatic rings. The van der Waals surface area contributed by atoms with Gasteiger partial charge < -0.3 is 9.97 Å². The molecule has 4 heterocycles. The summed E-state index contributed by atoms with van der Waals surface area (Å²) in [6.45, 7) is 6.23. The molecule has 0 aliphatic carbocycles. The van der Waals surface area contributed by atoms with Gasteiger partial charge in [0.05, 0.1) is 5.56 Å². The molecular formula is C20H23N5. The van der Waals surface area contributed by atoms with Gasteiger partial charge in [-0.05, 0) is 49.1 Å². The number of aromatic nitrogens is 4. The number of hydrogen-bond acceptors (Lipinski definition) is 3. The Morgan fingerprint density at radius 1 is 0.960 bits per heavy atom. The van der Waals surface area contributed by atoms with Crippen molar-refractivity contribution in [3.8, 4) is 6.07 Å². The molecule has 4 aromatic heterocycles. The summed E-state index contributed by atoms with van der Waals surface area (Å²) < 4.78 is 0. The van der Waals surface area contributed by atoms with Crippen LogP contribution < -0.4 is 0 Å². The smallest absolute Gasteiger partial charge is 0.137 e. The number of aryl methyl sites for hydroxylation is 3. The highest BCUT2D eigenvalue weighted by Crippen LogP contribution is 2.18. The van der Waals surface area contributed by atoms with E-state index in [1.54, 1.807) is 6.20 Å². The molecule has 0 saturated heterocycles. The summed E-state index contributed by atoms with van der Waals surface area (Å²) in [4.78, 5) is 14.5. The van der Waals surface area contributed by atoms with E-state index in [-0.39, 0.29) is 7.43 Å². The lowest BCUT2D eigenvalue weighted by Gasteiger charge is -2.02. The maximum atomic E-state index is 8.72. The van der Waals surface area contributed by atoms with Crippen LogP contribution in [0.15, 0.2) is 36.9 Å². The van der Waals surface area contributed by atoms with E-state index in [4.69, 9.17) is 5.26 Å². The summed E-state index contributed by atoms with van der Waals surface area (Å²) in [5.74, 6) is 0. The molecule has 0 unspecified atom stereocenters. The minimum atomic E-state index is 0. The van der Waals surface area contributed by atoms with E-state index >= 15 is 0 Å². The summed E-state index contributed by atoms with van der Waals surface area (Å²) in [6, 6.07) is 6.11. The third kappa shape index (κ3) is 3.38. The fraction of sp³-hybridized carbons (Fsp3) is 0.250. The molecule has 0 saturated carbocycles. The third-order valence-electron chi connectivity index (χ3n) is 4.32. The lowest BCUT2D eigenvalue weighted by atomic mass is 10.1. The zero-order valence-electron chi connectivity index (χ0n) is 14.0. The van der Waals surface area contributed by atoms with Crippen LogP contribution in [0.25, 0.3) is 22.1 Å². The normalized spacial score (nSPS) is 10.0. The van der Waals surface area contributed by atoms with Gasteiger partial charge in [0.1, 0.15) is 17.4 Å². The van der Waals surface area contributed by atoms with Crippen molar-refractivity contribution in [1.29, 1.82) is 5.26 Å². The summed E-state index contributed by atoms with van der Waals surface area (Å²) in [5.41, 5.74) is 6.15. The molecule has 0 spiro atoms. The number of nitriles is 1. The zero-order chi connectivity index (χ0) is 17.1. The van der Waals surface area contributed by atoms with E-state index < -0.39 is 0 Å². The molecule has 0 aromatic carbocycles. The lowest BCUT2D eigenvalue weighted by molar-refractivity contribution is 1.09. The highest BCUT2D eigenvalue weighted by molar-refractivity contribution is 5.81. The Morgan fingerprint density at radius 3 is 2.08 bits per heavy atom. The predicted molar refractivity (Wildman–Crippen MR) is 102 cm³/mol. The Labute approximate surface area is 147 Å². The molecule has 0 atom stereocenters. The van der Waals surface area contributed by atoms with Gasteiger partial charge in [0.25, 0.3) is 0 Å². The second-order valence-corrected chi connectivity index (χ2v) is 5.65. The van der Waals surface area contributed by atoms with Crippen LogP contribution in [0.2, 0.25) is 0 Å². The van der Waals surface area contributed by atoms with Gasteiger partial charge >= 0.3 is 0 Å². The van der Waals surface area contributed by atoms with E-state index in [1.807, 2.05) is 31.6 Å². The first-order valence-electron chi connectivity index (χ1n) is 7.90. The second-order valence-electron chi connectivity index (χ2n) is 5.65. The largest absolute Gasteiger partial charge is 0.346 e. The van der Waals surface area contributed by atoms with Crippen molar-refractivity contribution in [2.75, 3.05) is 0 Å². The average molecular weight is 333 g/mol. The number of pyridine rings is 2. The fourth-order valence-electron chi connectivity index (χ4n) is 2.79. The number of H-pyrrole nitrogens is 2. The highest BCUT2D eigenvalue weighted by atomic mass is 14.8. The van der Waals surface area contributed by atoms with Crippen LogP contribution in [-0.2, 0) is 6.42 Å². The van der Waals surface area contributed by atoms with Crippen LogP contribution in [0, 0.1) is 25.2 Å². The number of hydrogen-bond donors (Lipinski definition) is 2. The molecule has 4 rings (SSSR count). The molecule has 25 heavy (non-hydrogen) atoms. The number of nitrogens with zero attached hydrogens (tertiary/aromatic N) is 3. The number of nitrogens with one attached hydrogen (secondary N) is 2. The average Bonchev–Trinajstić information content (AvgIpc) is 3.26. The van der Waals surface area contributed by atoms with Crippen LogP contribution in [-0.4, -0.2) is 19.9 Å². The van der Waals surface area contributed by atoms with Crippen LogP contribution in [0.3, 0.4) is 0 Å². The first-order valence-corrected chi connectivity index (χ1v) is 7.90. The summed E-state index contributed by atoms with van der Waals surface area (Å²) in [7, 11) is 0. The first kappa shape index (κ1) is 18.2. The van der Waals surface area contributed by atoms with E-state index in [0.717, 1.165) is 28.7 Å². The molecule has 0 fully saturated rings. The second kappa shape index (κ2) is 7.63. The Hall–Kier alpha value is -3.13. The quantitative estimate of drug-likeness (QED) is 0.524. The van der Waals surface area contributed by atoms with Crippen molar-refractivity contribution in [2.45, 2.75) is 34.6 Å². The summed E-state index contributed by atoms with van der Waals surface area (Å²) in [5, 5.41) is 11.0. The van der Waals surface area contributed by atoms with Gasteiger partial charge in [0.15, 0.2) is 0 Å². The molecule has 5 heteroatoms. The van der Waals surface area contributed by atoms with Gasteiger partial charge in [-0.2, -0.15) is 5.26 Å². The van der Waals surface area contributed by atoms with Crippen molar-refractivity contribution in [3.63, 3.8) is 0 Å². The molecule has 0 radical (unpaired) electrons. The molecule has 128 valence electrons. The van der Waals surface area contributed by atoms with E-state index in [0.29, 0.717) is 5.56 Å². The van der Waals surface area contributed by atoms with Crippen LogP contribution in [0.1, 0.15) is 36.6 Å².